The highest BCUT2D eigenvalue weighted by Gasteiger charge is 2.50. The largest absolute Gasteiger partial charge is 0.507 e. The molecule has 2 aromatic carbocycles. The highest BCUT2D eigenvalue weighted by Crippen LogP contribution is 2.54. The van der Waals surface area contributed by atoms with Crippen molar-refractivity contribution in [3.05, 3.63) is 53.3 Å². The van der Waals surface area contributed by atoms with E-state index in [1.807, 2.05) is 27.7 Å². The first kappa shape index (κ1) is 49.5. The fourth-order valence-corrected chi connectivity index (χ4v) is 8.14. The lowest BCUT2D eigenvalue weighted by atomic mass is 9.78. The maximum atomic E-state index is 14.6. The number of Topliss-reactive ketones (excluding diaryl/α,β-unsaturated/α-hetero) is 1. The second-order valence-corrected chi connectivity index (χ2v) is 17.8. The average molecular weight is 867 g/mol. The molecule has 9 atom stereocenters. The zero-order valence-electron chi connectivity index (χ0n) is 38.3. The van der Waals surface area contributed by atoms with Crippen LogP contribution in [0, 0.1) is 42.4 Å². The third-order valence-electron chi connectivity index (χ3n) is 11.7. The molecule has 0 aliphatic carbocycles. The van der Waals surface area contributed by atoms with Gasteiger partial charge in [0.1, 0.15) is 23.4 Å². The summed E-state index contributed by atoms with van der Waals surface area (Å²) in [6.07, 6.45) is 3.62. The van der Waals surface area contributed by atoms with Crippen LogP contribution in [0.1, 0.15) is 92.1 Å². The summed E-state index contributed by atoms with van der Waals surface area (Å²) in [6, 6.07) is 1.29. The SMILES string of the molecule is COC1/C=C/OC2(C)Oc3c(C)c(O)c4c(O)c(cc(OCC(=O)N(CC(C)C)CC(C)C)c4c3C2=O)NC(=O)/C(C)=C/C=C/C(C)C(O)C(C)C(O)C(C)C(OC(C)=O)C1C. The van der Waals surface area contributed by atoms with E-state index in [2.05, 4.69) is 5.32 Å². The number of nitrogens with one attached hydrogen (secondary N) is 1. The van der Waals surface area contributed by atoms with Crippen LogP contribution in [0.4, 0.5) is 5.69 Å². The van der Waals surface area contributed by atoms with E-state index in [-0.39, 0.29) is 62.4 Å². The number of nitrogens with zero attached hydrogens (tertiary/aromatic N) is 1. The Balaban J connectivity index is 1.94. The van der Waals surface area contributed by atoms with Crippen molar-refractivity contribution in [2.24, 2.45) is 35.5 Å². The number of hydrogen-bond donors (Lipinski definition) is 5. The molecule has 3 aliphatic rings. The van der Waals surface area contributed by atoms with Gasteiger partial charge in [0.2, 0.25) is 0 Å². The third-order valence-corrected chi connectivity index (χ3v) is 11.7. The Bertz CT molecular complexity index is 2080. The van der Waals surface area contributed by atoms with E-state index in [9.17, 15) is 39.6 Å². The smallest absolute Gasteiger partial charge is 0.312 e. The number of aliphatic hydroxyl groups excluding tert-OH is 2. The van der Waals surface area contributed by atoms with Crippen molar-refractivity contribution < 1.29 is 63.3 Å². The summed E-state index contributed by atoms with van der Waals surface area (Å²) in [5.41, 5.74) is 0.000788. The van der Waals surface area contributed by atoms with E-state index in [0.717, 1.165) is 0 Å². The second-order valence-electron chi connectivity index (χ2n) is 17.8. The summed E-state index contributed by atoms with van der Waals surface area (Å²) in [6.45, 7) is 21.0. The van der Waals surface area contributed by atoms with Crippen molar-refractivity contribution in [3.8, 4) is 23.0 Å². The maximum absolute atomic E-state index is 14.6. The molecule has 15 heteroatoms. The predicted molar refractivity (Wildman–Crippen MR) is 234 cm³/mol. The van der Waals surface area contributed by atoms with Crippen LogP contribution in [-0.4, -0.2) is 106 Å². The number of carbonyl (C=O) groups is 4. The van der Waals surface area contributed by atoms with Crippen molar-refractivity contribution in [1.29, 1.82) is 0 Å². The van der Waals surface area contributed by atoms with Gasteiger partial charge in [0, 0.05) is 80.3 Å². The van der Waals surface area contributed by atoms with Gasteiger partial charge in [0.15, 0.2) is 12.4 Å². The van der Waals surface area contributed by atoms with Gasteiger partial charge in [-0.2, -0.15) is 0 Å². The quantitative estimate of drug-likeness (QED) is 0.134. The fourth-order valence-electron chi connectivity index (χ4n) is 8.14. The first-order chi connectivity index (χ1) is 28.9. The minimum atomic E-state index is -2.03. The Morgan fingerprint density at radius 1 is 0.919 bits per heavy atom. The molecule has 2 amide bonds. The topological polar surface area (TPSA) is 211 Å². The van der Waals surface area contributed by atoms with Crippen LogP contribution < -0.4 is 14.8 Å². The number of methoxy groups -OCH3 is 1. The minimum Gasteiger partial charge on any atom is -0.507 e. The molecule has 0 saturated heterocycles. The van der Waals surface area contributed by atoms with Gasteiger partial charge in [-0.15, -0.1) is 0 Å². The van der Waals surface area contributed by atoms with Crippen molar-refractivity contribution >= 4 is 40.0 Å². The summed E-state index contributed by atoms with van der Waals surface area (Å²) in [5.74, 6) is -7.67. The summed E-state index contributed by atoms with van der Waals surface area (Å²) < 4.78 is 30.0. The minimum absolute atomic E-state index is 0.0551. The molecular weight excluding hydrogens is 801 g/mol. The molecule has 0 saturated carbocycles. The van der Waals surface area contributed by atoms with Gasteiger partial charge in [0.05, 0.1) is 41.2 Å². The van der Waals surface area contributed by atoms with Gasteiger partial charge in [-0.1, -0.05) is 73.6 Å². The Morgan fingerprint density at radius 2 is 1.55 bits per heavy atom. The first-order valence-electron chi connectivity index (χ1n) is 21.2. The average Bonchev–Trinajstić information content (AvgIpc) is 3.47. The number of anilines is 1. The predicted octanol–water partition coefficient (Wildman–Crippen LogP) is 6.57. The number of carbonyl (C=O) groups excluding carboxylic acids is 4. The van der Waals surface area contributed by atoms with Crippen LogP contribution in [0.15, 0.2) is 42.2 Å². The molecule has 62 heavy (non-hydrogen) atoms. The van der Waals surface area contributed by atoms with Crippen LogP contribution in [0.3, 0.4) is 0 Å². The summed E-state index contributed by atoms with van der Waals surface area (Å²) >= 11 is 0. The summed E-state index contributed by atoms with van der Waals surface area (Å²) in [5, 5.41) is 48.7. The highest BCUT2D eigenvalue weighted by molar-refractivity contribution is 6.21. The van der Waals surface area contributed by atoms with Crippen LogP contribution in [0.2, 0.25) is 0 Å². The number of allylic oxidation sites excluding steroid dienone is 2. The Hall–Kier alpha value is -5.12. The Kier molecular flexibility index (Phi) is 16.3. The zero-order chi connectivity index (χ0) is 46.5. The molecule has 2 aromatic rings. The van der Waals surface area contributed by atoms with Gasteiger partial charge >= 0.3 is 11.8 Å². The summed E-state index contributed by atoms with van der Waals surface area (Å²) in [7, 11) is 1.44. The van der Waals surface area contributed by atoms with Crippen molar-refractivity contribution in [3.63, 3.8) is 0 Å². The molecule has 0 spiro atoms. The van der Waals surface area contributed by atoms with Gasteiger partial charge < -0.3 is 54.3 Å². The Labute approximate surface area is 364 Å². The standard InChI is InChI=1S/C47H66N2O13/c1-23(2)20-49(21-24(3)4)35(51)22-59-34-19-32-42(55)37-36(34)38-44(30(10)41(37)54)62-47(12,45(38)56)60-18-17-33(58-13)27(7)43(61-31(11)50)29(9)40(53)28(8)39(52)25(5)15-14-16-26(6)46(57)48-32/h14-19,23-25,27-29,33,39-40,43,52-55H,20-22H2,1-13H3,(H,48,57)/b15-14+,18-17+,26-16+. The molecule has 5 rings (SSSR count). The molecular formula is C47H66N2O13. The number of phenols is 2. The third kappa shape index (κ3) is 10.7. The van der Waals surface area contributed by atoms with Crippen molar-refractivity contribution in [2.75, 3.05) is 32.1 Å². The molecule has 0 fully saturated rings. The highest BCUT2D eigenvalue weighted by atomic mass is 16.7. The number of aliphatic hydroxyl groups is 2. The van der Waals surface area contributed by atoms with Gasteiger partial charge in [-0.25, -0.2) is 0 Å². The molecule has 342 valence electrons. The molecule has 3 heterocycles. The van der Waals surface area contributed by atoms with Gasteiger partial charge in [0.25, 0.3) is 17.6 Å². The molecule has 9 unspecified atom stereocenters. The van der Waals surface area contributed by atoms with Crippen LogP contribution >= 0.6 is 0 Å². The number of rotatable bonds is 9. The number of ether oxygens (including phenoxy) is 5. The number of benzene rings is 2. The number of aromatic hydroxyl groups is 2. The van der Waals surface area contributed by atoms with E-state index < -0.39 is 89.6 Å². The van der Waals surface area contributed by atoms with Crippen molar-refractivity contribution in [2.45, 2.75) is 113 Å². The van der Waals surface area contributed by atoms with Crippen LogP contribution in [0.25, 0.3) is 10.8 Å². The fraction of sp³-hybridized carbons (Fsp3) is 0.574. The van der Waals surface area contributed by atoms with E-state index in [1.165, 1.54) is 59.3 Å². The maximum Gasteiger partial charge on any atom is 0.312 e. The number of esters is 1. The molecule has 0 aromatic heterocycles. The normalized spacial score (nSPS) is 29.1. The zero-order valence-corrected chi connectivity index (χ0v) is 38.3. The van der Waals surface area contributed by atoms with Gasteiger partial charge in [-0.05, 0) is 31.8 Å². The van der Waals surface area contributed by atoms with E-state index >= 15 is 0 Å². The Morgan fingerprint density at radius 3 is 2.13 bits per heavy atom. The van der Waals surface area contributed by atoms with Gasteiger partial charge in [-0.3, -0.25) is 19.2 Å². The van der Waals surface area contributed by atoms with E-state index in [4.69, 9.17) is 23.7 Å². The van der Waals surface area contributed by atoms with Crippen LogP contribution in [-0.2, 0) is 28.6 Å². The molecule has 0 radical (unpaired) electrons. The number of fused-ring (bicyclic) bond motifs is 14. The van der Waals surface area contributed by atoms with Crippen LogP contribution in [0.5, 0.6) is 23.0 Å². The number of amides is 2. The van der Waals surface area contributed by atoms with Crippen molar-refractivity contribution in [1.82, 2.24) is 4.90 Å². The number of hydrogen-bond acceptors (Lipinski definition) is 13. The number of ketones is 1. The lowest BCUT2D eigenvalue weighted by Gasteiger charge is -2.38. The number of phenolic OH excluding ortho intramolecular Hbond substituents is 2. The second kappa shape index (κ2) is 20.4. The lowest BCUT2D eigenvalue weighted by molar-refractivity contribution is -0.160. The summed E-state index contributed by atoms with van der Waals surface area (Å²) in [4.78, 5) is 56.0. The molecule has 3 aliphatic heterocycles. The van der Waals surface area contributed by atoms with E-state index in [0.29, 0.717) is 13.1 Å². The first-order valence-corrected chi connectivity index (χ1v) is 21.2. The molecule has 5 bridgehead atoms. The monoisotopic (exact) mass is 866 g/mol. The molecule has 15 nitrogen and oxygen atoms in total. The van der Waals surface area contributed by atoms with E-state index in [1.54, 1.807) is 44.7 Å². The lowest BCUT2D eigenvalue weighted by Crippen LogP contribution is -2.46. The molecule has 5 N–H and O–H groups in total.